The van der Waals surface area contributed by atoms with Crippen molar-refractivity contribution in [1.29, 1.82) is 5.26 Å². The van der Waals surface area contributed by atoms with Gasteiger partial charge in [-0.1, -0.05) is 11.8 Å². The first-order valence-corrected chi connectivity index (χ1v) is 10.5. The zero-order valence-electron chi connectivity index (χ0n) is 14.2. The minimum atomic E-state index is -3.17. The molecule has 1 aromatic rings. The van der Waals surface area contributed by atoms with Gasteiger partial charge in [0, 0.05) is 11.3 Å². The van der Waals surface area contributed by atoms with Gasteiger partial charge in [-0.3, -0.25) is 4.79 Å². The van der Waals surface area contributed by atoms with E-state index >= 15 is 0 Å². The molecule has 2 heterocycles. The van der Waals surface area contributed by atoms with E-state index in [1.54, 1.807) is 29.2 Å². The normalized spacial score (nSPS) is 25.0. The van der Waals surface area contributed by atoms with Crippen LogP contribution >= 0.6 is 11.8 Å². The largest absolute Gasteiger partial charge is 0.497 e. The third kappa shape index (κ3) is 3.50. The summed E-state index contributed by atoms with van der Waals surface area (Å²) in [6, 6.07) is 6.57. The van der Waals surface area contributed by atoms with Gasteiger partial charge in [0.15, 0.2) is 15.0 Å². The summed E-state index contributed by atoms with van der Waals surface area (Å²) in [5.41, 5.74) is 0.576. The Hall–Kier alpha value is -2.25. The number of methoxy groups -OCH3 is 2. The maximum atomic E-state index is 12.1. The minimum absolute atomic E-state index is 0.0244. The summed E-state index contributed by atoms with van der Waals surface area (Å²) in [6.07, 6.45) is -0.333. The molecule has 1 amide bonds. The molecular formula is C16H17N3O5S2. The molecule has 0 aromatic heterocycles. The van der Waals surface area contributed by atoms with Crippen LogP contribution < -0.4 is 14.4 Å². The SMILES string of the molecule is COc1ccc(OC)c(N2C(=NC(=O)CC#N)SC3CS(=O)(=O)CC32)c1. The second-order valence-corrected chi connectivity index (χ2v) is 9.19. The van der Waals surface area contributed by atoms with Gasteiger partial charge in [0.25, 0.3) is 5.91 Å². The lowest BCUT2D eigenvalue weighted by atomic mass is 10.2. The number of anilines is 1. The Morgan fingerprint density at radius 2 is 2.15 bits per heavy atom. The fraction of sp³-hybridized carbons (Fsp3) is 0.438. The summed E-state index contributed by atoms with van der Waals surface area (Å²) < 4.78 is 34.8. The van der Waals surface area contributed by atoms with Crippen molar-refractivity contribution >= 4 is 38.4 Å². The molecule has 2 unspecified atom stereocenters. The Balaban J connectivity index is 2.09. The van der Waals surface area contributed by atoms with Gasteiger partial charge < -0.3 is 14.4 Å². The first kappa shape index (κ1) is 18.5. The lowest BCUT2D eigenvalue weighted by molar-refractivity contribution is -0.116. The van der Waals surface area contributed by atoms with E-state index in [0.717, 1.165) is 0 Å². The van der Waals surface area contributed by atoms with Crippen LogP contribution in [0.5, 0.6) is 11.5 Å². The van der Waals surface area contributed by atoms with Gasteiger partial charge in [-0.25, -0.2) is 8.42 Å². The molecule has 2 fully saturated rings. The van der Waals surface area contributed by atoms with E-state index in [0.29, 0.717) is 22.4 Å². The molecule has 0 saturated carbocycles. The zero-order valence-corrected chi connectivity index (χ0v) is 15.8. The fourth-order valence-electron chi connectivity index (χ4n) is 3.05. The molecule has 3 rings (SSSR count). The summed E-state index contributed by atoms with van der Waals surface area (Å²) in [6.45, 7) is 0. The van der Waals surface area contributed by atoms with Crippen molar-refractivity contribution in [2.75, 3.05) is 30.6 Å². The molecule has 2 atom stereocenters. The minimum Gasteiger partial charge on any atom is -0.497 e. The summed E-state index contributed by atoms with van der Waals surface area (Å²) in [5.74, 6) is 0.506. The van der Waals surface area contributed by atoms with Gasteiger partial charge in [0.05, 0.1) is 43.5 Å². The fourth-order valence-corrected chi connectivity index (χ4v) is 6.97. The number of thioether (sulfide) groups is 1. The molecule has 2 aliphatic rings. The Kier molecular flexibility index (Phi) is 5.11. The molecule has 2 saturated heterocycles. The second kappa shape index (κ2) is 7.17. The van der Waals surface area contributed by atoms with Crippen LogP contribution in [0.2, 0.25) is 0 Å². The highest BCUT2D eigenvalue weighted by atomic mass is 32.2. The van der Waals surface area contributed by atoms with Gasteiger partial charge in [0.2, 0.25) is 0 Å². The maximum Gasteiger partial charge on any atom is 0.262 e. The van der Waals surface area contributed by atoms with Gasteiger partial charge >= 0.3 is 0 Å². The van der Waals surface area contributed by atoms with Crippen molar-refractivity contribution in [2.24, 2.45) is 4.99 Å². The van der Waals surface area contributed by atoms with E-state index in [4.69, 9.17) is 14.7 Å². The Labute approximate surface area is 155 Å². The molecule has 0 aliphatic carbocycles. The van der Waals surface area contributed by atoms with Crippen molar-refractivity contribution in [1.82, 2.24) is 0 Å². The monoisotopic (exact) mass is 395 g/mol. The number of amides is 1. The molecule has 138 valence electrons. The topological polar surface area (TPSA) is 109 Å². The first-order chi connectivity index (χ1) is 12.4. The van der Waals surface area contributed by atoms with Crippen LogP contribution in [-0.4, -0.2) is 56.5 Å². The third-order valence-electron chi connectivity index (χ3n) is 4.16. The summed E-state index contributed by atoms with van der Waals surface area (Å²) in [4.78, 5) is 17.6. The van der Waals surface area contributed by atoms with E-state index < -0.39 is 15.7 Å². The number of amidine groups is 1. The van der Waals surface area contributed by atoms with Crippen LogP contribution in [0.3, 0.4) is 0 Å². The summed E-state index contributed by atoms with van der Waals surface area (Å²) in [7, 11) is -0.135. The highest BCUT2D eigenvalue weighted by Crippen LogP contribution is 2.44. The number of nitriles is 1. The van der Waals surface area contributed by atoms with Crippen molar-refractivity contribution < 1.29 is 22.7 Å². The number of fused-ring (bicyclic) bond motifs is 1. The highest BCUT2D eigenvalue weighted by molar-refractivity contribution is 8.16. The zero-order chi connectivity index (χ0) is 18.9. The molecule has 0 radical (unpaired) electrons. The second-order valence-electron chi connectivity index (χ2n) is 5.83. The number of carbonyl (C=O) groups is 1. The number of carbonyl (C=O) groups excluding carboxylic acids is 1. The standard InChI is InChI=1S/C16H17N3O5S2/c1-23-10-3-4-13(24-2)11(7-10)19-12-8-26(21,22)9-14(12)25-16(19)18-15(20)5-6-17/h3-4,7,12,14H,5,8-9H2,1-2H3. The van der Waals surface area contributed by atoms with Crippen molar-refractivity contribution in [2.45, 2.75) is 17.7 Å². The summed E-state index contributed by atoms with van der Waals surface area (Å²) >= 11 is 1.24. The highest BCUT2D eigenvalue weighted by Gasteiger charge is 2.50. The van der Waals surface area contributed by atoms with Crippen LogP contribution in [0.4, 0.5) is 5.69 Å². The molecular weight excluding hydrogens is 378 g/mol. The lowest BCUT2D eigenvalue weighted by Gasteiger charge is -2.26. The number of aliphatic imine (C=N–C) groups is 1. The van der Waals surface area contributed by atoms with Gasteiger partial charge in [0.1, 0.15) is 17.9 Å². The van der Waals surface area contributed by atoms with Crippen LogP contribution in [0.25, 0.3) is 0 Å². The molecule has 0 N–H and O–H groups in total. The van der Waals surface area contributed by atoms with Crippen LogP contribution in [0.1, 0.15) is 6.42 Å². The maximum absolute atomic E-state index is 12.1. The van der Waals surface area contributed by atoms with E-state index in [1.165, 1.54) is 26.0 Å². The predicted molar refractivity (Wildman–Crippen MR) is 98.5 cm³/mol. The van der Waals surface area contributed by atoms with Gasteiger partial charge in [-0.05, 0) is 12.1 Å². The van der Waals surface area contributed by atoms with E-state index in [2.05, 4.69) is 4.99 Å². The van der Waals surface area contributed by atoms with E-state index in [9.17, 15) is 13.2 Å². The number of nitrogens with zero attached hydrogens (tertiary/aromatic N) is 3. The van der Waals surface area contributed by atoms with E-state index in [-0.39, 0.29) is 29.2 Å². The molecule has 0 bridgehead atoms. The van der Waals surface area contributed by atoms with Crippen molar-refractivity contribution in [3.05, 3.63) is 18.2 Å². The number of benzene rings is 1. The predicted octanol–water partition coefficient (Wildman–Crippen LogP) is 1.22. The molecule has 0 spiro atoms. The Bertz CT molecular complexity index is 907. The van der Waals surface area contributed by atoms with Crippen molar-refractivity contribution in [3.63, 3.8) is 0 Å². The van der Waals surface area contributed by atoms with Gasteiger partial charge in [-0.2, -0.15) is 10.3 Å². The molecule has 1 aromatic carbocycles. The first-order valence-electron chi connectivity index (χ1n) is 7.75. The smallest absolute Gasteiger partial charge is 0.262 e. The van der Waals surface area contributed by atoms with Crippen molar-refractivity contribution in [3.8, 4) is 17.6 Å². The Morgan fingerprint density at radius 3 is 2.81 bits per heavy atom. The molecule has 8 nitrogen and oxygen atoms in total. The average molecular weight is 395 g/mol. The molecule has 26 heavy (non-hydrogen) atoms. The average Bonchev–Trinajstić information content (AvgIpc) is 3.05. The Morgan fingerprint density at radius 1 is 1.38 bits per heavy atom. The van der Waals surface area contributed by atoms with Crippen LogP contribution in [0.15, 0.2) is 23.2 Å². The number of hydrogen-bond donors (Lipinski definition) is 0. The van der Waals surface area contributed by atoms with Crippen LogP contribution in [0, 0.1) is 11.3 Å². The van der Waals surface area contributed by atoms with Gasteiger partial charge in [-0.15, -0.1) is 0 Å². The number of sulfone groups is 1. The lowest BCUT2D eigenvalue weighted by Crippen LogP contribution is -2.38. The molecule has 10 heteroatoms. The number of ether oxygens (including phenoxy) is 2. The number of hydrogen-bond acceptors (Lipinski definition) is 7. The summed E-state index contributed by atoms with van der Waals surface area (Å²) in [5, 5.41) is 8.84. The number of rotatable bonds is 4. The quantitative estimate of drug-likeness (QED) is 0.749. The van der Waals surface area contributed by atoms with Crippen LogP contribution in [-0.2, 0) is 14.6 Å². The molecule has 2 aliphatic heterocycles. The third-order valence-corrected chi connectivity index (χ3v) is 7.37. The van der Waals surface area contributed by atoms with E-state index in [1.807, 2.05) is 0 Å².